The van der Waals surface area contributed by atoms with Crippen molar-refractivity contribution >= 4 is 5.69 Å². The van der Waals surface area contributed by atoms with Crippen molar-refractivity contribution < 1.29 is 4.39 Å². The molecule has 0 saturated carbocycles. The van der Waals surface area contributed by atoms with Gasteiger partial charge in [0.05, 0.1) is 5.69 Å². The van der Waals surface area contributed by atoms with Crippen molar-refractivity contribution in [2.75, 3.05) is 5.73 Å². The molecule has 0 atom stereocenters. The number of aromatic nitrogens is 5. The first-order valence-corrected chi connectivity index (χ1v) is 6.46. The first kappa shape index (κ1) is 13.2. The Labute approximate surface area is 120 Å². The van der Waals surface area contributed by atoms with Gasteiger partial charge in [0.15, 0.2) is 17.5 Å². The van der Waals surface area contributed by atoms with Crippen LogP contribution in [0.15, 0.2) is 36.9 Å². The number of aryl methyl sites for hydroxylation is 1. The molecule has 0 amide bonds. The summed E-state index contributed by atoms with van der Waals surface area (Å²) in [5.41, 5.74) is 7.46. The van der Waals surface area contributed by atoms with Crippen LogP contribution >= 0.6 is 0 Å². The largest absolute Gasteiger partial charge is 0.399 e. The van der Waals surface area contributed by atoms with Gasteiger partial charge in [-0.25, -0.2) is 19.3 Å². The topological polar surface area (TPSA) is 82.5 Å². The van der Waals surface area contributed by atoms with Crippen LogP contribution in [0.25, 0.3) is 17.2 Å². The third-order valence-electron chi connectivity index (χ3n) is 3.03. The molecule has 2 aromatic heterocycles. The molecule has 2 N–H and O–H groups in total. The van der Waals surface area contributed by atoms with Gasteiger partial charge in [-0.05, 0) is 18.6 Å². The Morgan fingerprint density at radius 3 is 2.86 bits per heavy atom. The molecule has 0 saturated heterocycles. The first-order chi connectivity index (χ1) is 10.2. The van der Waals surface area contributed by atoms with E-state index in [-0.39, 0.29) is 5.82 Å². The number of hydrogen-bond donors (Lipinski definition) is 1. The van der Waals surface area contributed by atoms with E-state index in [9.17, 15) is 4.39 Å². The molecule has 3 aromatic rings. The van der Waals surface area contributed by atoms with Crippen molar-refractivity contribution in [1.82, 2.24) is 24.7 Å². The van der Waals surface area contributed by atoms with Gasteiger partial charge in [0.1, 0.15) is 12.7 Å². The van der Waals surface area contributed by atoms with Crippen molar-refractivity contribution in [1.29, 1.82) is 0 Å². The molecule has 7 heteroatoms. The lowest BCUT2D eigenvalue weighted by atomic mass is 10.2. The van der Waals surface area contributed by atoms with E-state index in [1.165, 1.54) is 17.3 Å². The average molecular weight is 284 g/mol. The van der Waals surface area contributed by atoms with Gasteiger partial charge in [0.2, 0.25) is 0 Å². The minimum Gasteiger partial charge on any atom is -0.399 e. The van der Waals surface area contributed by atoms with Gasteiger partial charge >= 0.3 is 0 Å². The SMILES string of the molecule is CCc1ncnc(-n2cnc(-c3cccc(N)c3)n2)c1F. The Bertz CT molecular complexity index is 783. The lowest BCUT2D eigenvalue weighted by molar-refractivity contribution is 0.574. The minimum absolute atomic E-state index is 0.0875. The van der Waals surface area contributed by atoms with E-state index in [1.807, 2.05) is 19.1 Å². The van der Waals surface area contributed by atoms with Crippen LogP contribution < -0.4 is 5.73 Å². The Morgan fingerprint density at radius 1 is 1.24 bits per heavy atom. The first-order valence-electron chi connectivity index (χ1n) is 6.46. The van der Waals surface area contributed by atoms with Crippen LogP contribution in [0.4, 0.5) is 10.1 Å². The Kier molecular flexibility index (Phi) is 3.31. The minimum atomic E-state index is -0.482. The molecule has 0 fully saturated rings. The highest BCUT2D eigenvalue weighted by molar-refractivity contribution is 5.60. The predicted molar refractivity (Wildman–Crippen MR) is 76.1 cm³/mol. The second-order valence-corrected chi connectivity index (χ2v) is 4.45. The molecule has 106 valence electrons. The number of hydrogen-bond acceptors (Lipinski definition) is 5. The monoisotopic (exact) mass is 284 g/mol. The molecule has 21 heavy (non-hydrogen) atoms. The highest BCUT2D eigenvalue weighted by Gasteiger charge is 2.14. The second kappa shape index (κ2) is 5.28. The zero-order valence-electron chi connectivity index (χ0n) is 11.4. The highest BCUT2D eigenvalue weighted by Crippen LogP contribution is 2.19. The number of nitrogens with zero attached hydrogens (tertiary/aromatic N) is 5. The van der Waals surface area contributed by atoms with E-state index in [2.05, 4.69) is 20.1 Å². The summed E-state index contributed by atoms with van der Waals surface area (Å²) >= 11 is 0. The van der Waals surface area contributed by atoms with Crippen LogP contribution in [-0.4, -0.2) is 24.7 Å². The van der Waals surface area contributed by atoms with Gasteiger partial charge in [-0.2, -0.15) is 4.68 Å². The summed E-state index contributed by atoms with van der Waals surface area (Å²) in [5, 5.41) is 4.25. The van der Waals surface area contributed by atoms with E-state index >= 15 is 0 Å². The van der Waals surface area contributed by atoms with Crippen molar-refractivity contribution in [3.63, 3.8) is 0 Å². The van der Waals surface area contributed by atoms with Gasteiger partial charge < -0.3 is 5.73 Å². The fourth-order valence-corrected chi connectivity index (χ4v) is 1.98. The zero-order chi connectivity index (χ0) is 14.8. The van der Waals surface area contributed by atoms with Crippen LogP contribution in [0.3, 0.4) is 0 Å². The summed E-state index contributed by atoms with van der Waals surface area (Å²) in [4.78, 5) is 12.0. The van der Waals surface area contributed by atoms with Crippen LogP contribution in [0.2, 0.25) is 0 Å². The van der Waals surface area contributed by atoms with Gasteiger partial charge in [-0.15, -0.1) is 5.10 Å². The van der Waals surface area contributed by atoms with E-state index in [0.717, 1.165) is 5.56 Å². The maximum absolute atomic E-state index is 14.2. The quantitative estimate of drug-likeness (QED) is 0.744. The molecule has 0 aliphatic carbocycles. The molecule has 0 aliphatic heterocycles. The molecule has 2 heterocycles. The number of halogens is 1. The lowest BCUT2D eigenvalue weighted by Gasteiger charge is -2.03. The molecular weight excluding hydrogens is 271 g/mol. The Hall–Kier alpha value is -2.83. The Morgan fingerprint density at radius 2 is 2.10 bits per heavy atom. The molecule has 6 nitrogen and oxygen atoms in total. The van der Waals surface area contributed by atoms with Crippen molar-refractivity contribution in [3.8, 4) is 17.2 Å². The smallest absolute Gasteiger partial charge is 0.194 e. The van der Waals surface area contributed by atoms with Gasteiger partial charge in [-0.3, -0.25) is 0 Å². The van der Waals surface area contributed by atoms with E-state index in [4.69, 9.17) is 5.73 Å². The average Bonchev–Trinajstić information content (AvgIpc) is 2.97. The summed E-state index contributed by atoms with van der Waals surface area (Å²) in [7, 11) is 0. The standard InChI is InChI=1S/C14H13FN6/c1-2-11-12(15)14(18-7-17-11)21-8-19-13(20-21)9-4-3-5-10(16)6-9/h3-8H,2,16H2,1H3. The highest BCUT2D eigenvalue weighted by atomic mass is 19.1. The van der Waals surface area contributed by atoms with Crippen molar-refractivity contribution in [3.05, 3.63) is 48.4 Å². The third kappa shape index (κ3) is 2.45. The molecular formula is C14H13FN6. The molecule has 3 rings (SSSR count). The molecule has 0 aliphatic rings. The predicted octanol–water partition coefficient (Wildman–Crippen LogP) is 2.01. The number of rotatable bonds is 3. The summed E-state index contributed by atoms with van der Waals surface area (Å²) in [5.74, 6) is 0.0619. The van der Waals surface area contributed by atoms with Crippen LogP contribution in [0, 0.1) is 5.82 Å². The molecule has 1 aromatic carbocycles. The van der Waals surface area contributed by atoms with Gasteiger partial charge in [0.25, 0.3) is 0 Å². The fourth-order valence-electron chi connectivity index (χ4n) is 1.98. The van der Waals surface area contributed by atoms with E-state index in [0.29, 0.717) is 23.6 Å². The maximum Gasteiger partial charge on any atom is 0.194 e. The van der Waals surface area contributed by atoms with E-state index < -0.39 is 5.82 Å². The molecule has 0 spiro atoms. The van der Waals surface area contributed by atoms with E-state index in [1.54, 1.807) is 12.1 Å². The second-order valence-electron chi connectivity index (χ2n) is 4.45. The van der Waals surface area contributed by atoms with Crippen LogP contribution in [0.5, 0.6) is 0 Å². The summed E-state index contributed by atoms with van der Waals surface area (Å²) in [6.07, 6.45) is 3.22. The fraction of sp³-hybridized carbons (Fsp3) is 0.143. The number of benzene rings is 1. The summed E-state index contributed by atoms with van der Waals surface area (Å²) in [6.45, 7) is 1.83. The number of nitrogen functional groups attached to an aromatic ring is 1. The summed E-state index contributed by atoms with van der Waals surface area (Å²) in [6, 6.07) is 7.18. The Balaban J connectivity index is 2.03. The summed E-state index contributed by atoms with van der Waals surface area (Å²) < 4.78 is 15.5. The normalized spacial score (nSPS) is 10.8. The third-order valence-corrected chi connectivity index (χ3v) is 3.03. The number of nitrogens with two attached hydrogens (primary N) is 1. The van der Waals surface area contributed by atoms with Crippen LogP contribution in [0.1, 0.15) is 12.6 Å². The van der Waals surface area contributed by atoms with Crippen molar-refractivity contribution in [2.24, 2.45) is 0 Å². The number of anilines is 1. The van der Waals surface area contributed by atoms with Gasteiger partial charge in [-0.1, -0.05) is 19.1 Å². The van der Waals surface area contributed by atoms with Gasteiger partial charge in [0, 0.05) is 11.3 Å². The lowest BCUT2D eigenvalue weighted by Crippen LogP contribution is -2.06. The molecule has 0 unspecified atom stereocenters. The zero-order valence-corrected chi connectivity index (χ0v) is 11.4. The van der Waals surface area contributed by atoms with Crippen LogP contribution in [-0.2, 0) is 6.42 Å². The van der Waals surface area contributed by atoms with Crippen molar-refractivity contribution in [2.45, 2.75) is 13.3 Å². The molecule has 0 radical (unpaired) electrons. The maximum atomic E-state index is 14.2. The molecule has 0 bridgehead atoms.